The molecule has 0 amide bonds. The van der Waals surface area contributed by atoms with E-state index in [1.54, 1.807) is 7.11 Å². The van der Waals surface area contributed by atoms with Crippen molar-refractivity contribution in [3.63, 3.8) is 0 Å². The molecule has 0 saturated heterocycles. The highest BCUT2D eigenvalue weighted by atomic mass is 16.5. The van der Waals surface area contributed by atoms with Crippen molar-refractivity contribution in [2.24, 2.45) is 23.5 Å². The summed E-state index contributed by atoms with van der Waals surface area (Å²) in [5.74, 6) is 3.31. The van der Waals surface area contributed by atoms with Crippen LogP contribution in [-0.2, 0) is 5.54 Å². The van der Waals surface area contributed by atoms with Crippen molar-refractivity contribution >= 4 is 0 Å². The summed E-state index contributed by atoms with van der Waals surface area (Å²) in [6.45, 7) is 2.19. The van der Waals surface area contributed by atoms with E-state index in [1.165, 1.54) is 31.2 Å². The maximum atomic E-state index is 6.73. The van der Waals surface area contributed by atoms with Gasteiger partial charge in [0.25, 0.3) is 0 Å². The molecule has 1 aromatic carbocycles. The molecule has 2 aliphatic rings. The van der Waals surface area contributed by atoms with Crippen LogP contribution < -0.4 is 10.5 Å². The van der Waals surface area contributed by atoms with Gasteiger partial charge in [0.05, 0.1) is 7.11 Å². The van der Waals surface area contributed by atoms with Crippen LogP contribution in [0.4, 0.5) is 0 Å². The highest BCUT2D eigenvalue weighted by Crippen LogP contribution is 2.54. The van der Waals surface area contributed by atoms with Crippen LogP contribution in [0.25, 0.3) is 0 Å². The van der Waals surface area contributed by atoms with E-state index in [1.807, 2.05) is 12.1 Å². The first kappa shape index (κ1) is 12.0. The lowest BCUT2D eigenvalue weighted by Crippen LogP contribution is -2.43. The van der Waals surface area contributed by atoms with Crippen molar-refractivity contribution in [2.45, 2.75) is 38.1 Å². The quantitative estimate of drug-likeness (QED) is 0.886. The Kier molecular flexibility index (Phi) is 2.86. The lowest BCUT2D eigenvalue weighted by molar-refractivity contribution is 0.199. The Morgan fingerprint density at radius 1 is 1.22 bits per heavy atom. The van der Waals surface area contributed by atoms with Crippen molar-refractivity contribution in [3.05, 3.63) is 29.8 Å². The first-order chi connectivity index (χ1) is 8.63. The number of benzene rings is 1. The number of fused-ring (bicyclic) bond motifs is 2. The molecule has 2 saturated carbocycles. The van der Waals surface area contributed by atoms with Crippen LogP contribution in [0.15, 0.2) is 24.3 Å². The van der Waals surface area contributed by atoms with Gasteiger partial charge in [0, 0.05) is 11.1 Å². The summed E-state index contributed by atoms with van der Waals surface area (Å²) in [4.78, 5) is 0. The number of hydrogen-bond donors (Lipinski definition) is 1. The maximum Gasteiger partial charge on any atom is 0.123 e. The van der Waals surface area contributed by atoms with Crippen molar-refractivity contribution in [1.82, 2.24) is 0 Å². The molecule has 2 aliphatic carbocycles. The van der Waals surface area contributed by atoms with Crippen LogP contribution in [0.5, 0.6) is 5.75 Å². The summed E-state index contributed by atoms with van der Waals surface area (Å²) in [6.07, 6.45) is 5.49. The summed E-state index contributed by atoms with van der Waals surface area (Å²) in [5, 5.41) is 0. The van der Waals surface area contributed by atoms with E-state index < -0.39 is 0 Å². The monoisotopic (exact) mass is 245 g/mol. The smallest absolute Gasteiger partial charge is 0.123 e. The third kappa shape index (κ3) is 1.74. The van der Waals surface area contributed by atoms with Gasteiger partial charge in [0.2, 0.25) is 0 Å². The largest absolute Gasteiger partial charge is 0.496 e. The standard InChI is InChI=1S/C16H23NO/c1-16(17,13-5-3-4-6-15(13)18-2)14-10-11-7-8-12(14)9-11/h3-6,11-12,14H,7-10,17H2,1-2H3. The van der Waals surface area contributed by atoms with Crippen molar-refractivity contribution in [1.29, 1.82) is 0 Å². The van der Waals surface area contributed by atoms with Gasteiger partial charge < -0.3 is 10.5 Å². The molecule has 1 aromatic rings. The molecule has 2 bridgehead atoms. The second kappa shape index (κ2) is 4.27. The van der Waals surface area contributed by atoms with Gasteiger partial charge in [0.1, 0.15) is 5.75 Å². The summed E-state index contributed by atoms with van der Waals surface area (Å²) in [7, 11) is 1.73. The zero-order chi connectivity index (χ0) is 12.8. The minimum absolute atomic E-state index is 0.257. The van der Waals surface area contributed by atoms with Crippen LogP contribution in [0.1, 0.15) is 38.2 Å². The fourth-order valence-corrected chi connectivity index (χ4v) is 4.27. The molecule has 0 aliphatic heterocycles. The van der Waals surface area contributed by atoms with Gasteiger partial charge in [-0.2, -0.15) is 0 Å². The third-order valence-corrected chi connectivity index (χ3v) is 5.20. The Labute approximate surface area is 110 Å². The summed E-state index contributed by atoms with van der Waals surface area (Å²) in [5.41, 5.74) is 7.64. The minimum Gasteiger partial charge on any atom is -0.496 e. The molecule has 0 aromatic heterocycles. The topological polar surface area (TPSA) is 35.2 Å². The van der Waals surface area contributed by atoms with Crippen molar-refractivity contribution < 1.29 is 4.74 Å². The van der Waals surface area contributed by atoms with E-state index >= 15 is 0 Å². The molecule has 2 N–H and O–H groups in total. The fourth-order valence-electron chi connectivity index (χ4n) is 4.27. The Balaban J connectivity index is 1.94. The molecule has 4 unspecified atom stereocenters. The van der Waals surface area contributed by atoms with Crippen molar-refractivity contribution in [3.8, 4) is 5.75 Å². The molecular formula is C16H23NO. The van der Waals surface area contributed by atoms with Crippen molar-refractivity contribution in [2.75, 3.05) is 7.11 Å². The Morgan fingerprint density at radius 3 is 2.61 bits per heavy atom. The zero-order valence-corrected chi connectivity index (χ0v) is 11.4. The van der Waals surface area contributed by atoms with Gasteiger partial charge in [-0.15, -0.1) is 0 Å². The predicted molar refractivity (Wildman–Crippen MR) is 73.5 cm³/mol. The third-order valence-electron chi connectivity index (χ3n) is 5.20. The molecule has 2 nitrogen and oxygen atoms in total. The van der Waals surface area contributed by atoms with Gasteiger partial charge in [-0.3, -0.25) is 0 Å². The van der Waals surface area contributed by atoms with Gasteiger partial charge >= 0.3 is 0 Å². The first-order valence-corrected chi connectivity index (χ1v) is 7.05. The number of methoxy groups -OCH3 is 1. The van der Waals surface area contributed by atoms with Crippen LogP contribution in [0.3, 0.4) is 0 Å². The van der Waals surface area contributed by atoms with E-state index in [0.717, 1.165) is 17.6 Å². The van der Waals surface area contributed by atoms with E-state index in [2.05, 4.69) is 19.1 Å². The number of para-hydroxylation sites is 1. The number of hydrogen-bond acceptors (Lipinski definition) is 2. The molecule has 4 atom stereocenters. The van der Waals surface area contributed by atoms with E-state index in [0.29, 0.717) is 5.92 Å². The molecule has 3 rings (SSSR count). The van der Waals surface area contributed by atoms with Gasteiger partial charge in [-0.1, -0.05) is 24.6 Å². The van der Waals surface area contributed by atoms with Crippen LogP contribution >= 0.6 is 0 Å². The number of rotatable bonds is 3. The molecule has 0 spiro atoms. The Bertz CT molecular complexity index is 440. The predicted octanol–water partition coefficient (Wildman–Crippen LogP) is 3.31. The second-order valence-corrected chi connectivity index (χ2v) is 6.26. The Hall–Kier alpha value is -1.02. The zero-order valence-electron chi connectivity index (χ0n) is 11.4. The molecule has 98 valence electrons. The summed E-state index contributed by atoms with van der Waals surface area (Å²) in [6, 6.07) is 8.23. The molecule has 18 heavy (non-hydrogen) atoms. The summed E-state index contributed by atoms with van der Waals surface area (Å²) < 4.78 is 5.49. The molecule has 0 radical (unpaired) electrons. The highest BCUT2D eigenvalue weighted by Gasteiger charge is 2.48. The molecular weight excluding hydrogens is 222 g/mol. The van der Waals surface area contributed by atoms with E-state index in [4.69, 9.17) is 10.5 Å². The second-order valence-electron chi connectivity index (χ2n) is 6.26. The SMILES string of the molecule is COc1ccccc1C(C)(N)C1CC2CCC1C2. The Morgan fingerprint density at radius 2 is 2.00 bits per heavy atom. The number of ether oxygens (including phenoxy) is 1. The lowest BCUT2D eigenvalue weighted by atomic mass is 9.72. The molecule has 0 heterocycles. The van der Waals surface area contributed by atoms with Crippen LogP contribution in [-0.4, -0.2) is 7.11 Å². The fraction of sp³-hybridized carbons (Fsp3) is 0.625. The van der Waals surface area contributed by atoms with E-state index in [9.17, 15) is 0 Å². The average Bonchev–Trinajstić information content (AvgIpc) is 3.01. The van der Waals surface area contributed by atoms with Gasteiger partial charge in [0.15, 0.2) is 0 Å². The highest BCUT2D eigenvalue weighted by molar-refractivity contribution is 5.39. The molecule has 2 fully saturated rings. The van der Waals surface area contributed by atoms with Gasteiger partial charge in [-0.25, -0.2) is 0 Å². The maximum absolute atomic E-state index is 6.73. The normalized spacial score (nSPS) is 33.4. The van der Waals surface area contributed by atoms with E-state index in [-0.39, 0.29) is 5.54 Å². The lowest BCUT2D eigenvalue weighted by Gasteiger charge is -2.38. The minimum atomic E-state index is -0.257. The summed E-state index contributed by atoms with van der Waals surface area (Å²) >= 11 is 0. The van der Waals surface area contributed by atoms with Crippen LogP contribution in [0.2, 0.25) is 0 Å². The average molecular weight is 245 g/mol. The van der Waals surface area contributed by atoms with Crippen LogP contribution in [0, 0.1) is 17.8 Å². The van der Waals surface area contributed by atoms with Gasteiger partial charge in [-0.05, 0) is 50.0 Å². The first-order valence-electron chi connectivity index (χ1n) is 7.05. The molecule has 2 heteroatoms. The number of nitrogens with two attached hydrogens (primary N) is 1.